The second-order valence-corrected chi connectivity index (χ2v) is 10.3. The van der Waals surface area contributed by atoms with Crippen molar-refractivity contribution in [2.75, 3.05) is 0 Å². The molecule has 1 fully saturated rings. The predicted molar refractivity (Wildman–Crippen MR) is 159 cm³/mol. The van der Waals surface area contributed by atoms with E-state index in [0.717, 1.165) is 37.7 Å². The van der Waals surface area contributed by atoms with Crippen molar-refractivity contribution < 1.29 is 23.9 Å². The highest BCUT2D eigenvalue weighted by atomic mass is 16.5. The van der Waals surface area contributed by atoms with Gasteiger partial charge in [-0.05, 0) is 51.2 Å². The molecule has 8 nitrogen and oxygen atoms in total. The van der Waals surface area contributed by atoms with Gasteiger partial charge in [0.15, 0.2) is 11.7 Å². The minimum Gasteiger partial charge on any atom is -0.468 e. The molecule has 0 radical (unpaired) electrons. The minimum atomic E-state index is -1.19. The van der Waals surface area contributed by atoms with Gasteiger partial charge in [-0.3, -0.25) is 9.59 Å². The van der Waals surface area contributed by atoms with Crippen LogP contribution in [0.5, 0.6) is 5.75 Å². The Labute approximate surface area is 242 Å². The zero-order valence-electron chi connectivity index (χ0n) is 22.7. The molecule has 5 aromatic carbocycles. The third-order valence-electron chi connectivity index (χ3n) is 7.47. The highest BCUT2D eigenvalue weighted by molar-refractivity contribution is 6.08. The van der Waals surface area contributed by atoms with Gasteiger partial charge in [0.05, 0.1) is 6.04 Å². The monoisotopic (exact) mass is 559 g/mol. The Morgan fingerprint density at radius 1 is 0.762 bits per heavy atom. The van der Waals surface area contributed by atoms with E-state index in [1.807, 2.05) is 109 Å². The molecule has 1 aliphatic rings. The first kappa shape index (κ1) is 27.0. The van der Waals surface area contributed by atoms with E-state index in [4.69, 9.17) is 15.3 Å². The van der Waals surface area contributed by atoms with Crippen LogP contribution in [-0.4, -0.2) is 35.1 Å². The van der Waals surface area contributed by atoms with E-state index in [1.54, 1.807) is 6.07 Å². The van der Waals surface area contributed by atoms with Crippen LogP contribution in [0.25, 0.3) is 21.5 Å². The summed E-state index contributed by atoms with van der Waals surface area (Å²) in [5.74, 6) is 4.18. The number of benzene rings is 5. The number of carbonyl (C=O) groups excluding carboxylic acids is 3. The highest BCUT2D eigenvalue weighted by Gasteiger charge is 2.54. The maximum atomic E-state index is 13.9. The molecule has 1 saturated heterocycles. The van der Waals surface area contributed by atoms with E-state index in [1.165, 1.54) is 0 Å². The van der Waals surface area contributed by atoms with Crippen LogP contribution in [0.3, 0.4) is 0 Å². The minimum absolute atomic E-state index is 0.0379. The quantitative estimate of drug-likeness (QED) is 0.112. The third-order valence-corrected chi connectivity index (χ3v) is 7.47. The Balaban J connectivity index is 1.23. The van der Waals surface area contributed by atoms with Gasteiger partial charge in [-0.2, -0.15) is 0 Å². The number of Topliss-reactive ketones (excluding diaryl/α,β-unsaturated/α-hetero) is 1. The molecule has 0 spiro atoms. The molecule has 0 unspecified atom stereocenters. The zero-order chi connectivity index (χ0) is 29.1. The van der Waals surface area contributed by atoms with Crippen molar-refractivity contribution in [2.24, 2.45) is 11.8 Å². The fourth-order valence-electron chi connectivity index (χ4n) is 5.20. The maximum Gasteiger partial charge on any atom is 0.408 e. The first-order valence-electron chi connectivity index (χ1n) is 13.7. The zero-order valence-corrected chi connectivity index (χ0v) is 22.7. The molecule has 42 heavy (non-hydrogen) atoms. The number of fused-ring (bicyclic) bond motifs is 2. The molecular weight excluding hydrogens is 530 g/mol. The lowest BCUT2D eigenvalue weighted by Gasteiger charge is -2.43. The topological polar surface area (TPSA) is 111 Å². The van der Waals surface area contributed by atoms with Crippen LogP contribution in [0.4, 0.5) is 4.79 Å². The molecule has 3 atom stereocenters. The molecule has 0 saturated carbocycles. The number of nitrogens with zero attached hydrogens (tertiary/aromatic N) is 1. The van der Waals surface area contributed by atoms with Gasteiger partial charge in [-0.25, -0.2) is 15.6 Å². The van der Waals surface area contributed by atoms with Crippen LogP contribution in [0.1, 0.15) is 11.1 Å². The van der Waals surface area contributed by atoms with Gasteiger partial charge in [0, 0.05) is 0 Å². The fourth-order valence-corrected chi connectivity index (χ4v) is 5.20. The summed E-state index contributed by atoms with van der Waals surface area (Å²) < 4.78 is 11.5. The number of ketones is 1. The molecular formula is C34H29N3O5. The van der Waals surface area contributed by atoms with Gasteiger partial charge in [0.25, 0.3) is 5.91 Å². The molecule has 2 amide bonds. The number of rotatable bonds is 9. The average Bonchev–Trinajstić information content (AvgIpc) is 3.03. The molecule has 1 heterocycles. The summed E-state index contributed by atoms with van der Waals surface area (Å²) in [5, 5.41) is 7.64. The Hall–Kier alpha value is -5.21. The number of hydrogen-bond acceptors (Lipinski definition) is 6. The average molecular weight is 560 g/mol. The lowest BCUT2D eigenvalue weighted by Crippen LogP contribution is -2.70. The van der Waals surface area contributed by atoms with Gasteiger partial charge < -0.3 is 14.8 Å². The van der Waals surface area contributed by atoms with Crippen LogP contribution in [0.2, 0.25) is 0 Å². The number of alkyl carbamates (subject to hydrolysis) is 1. The van der Waals surface area contributed by atoms with E-state index in [-0.39, 0.29) is 13.0 Å². The molecule has 3 N–H and O–H groups in total. The fraction of sp³-hybridized carbons (Fsp3) is 0.147. The lowest BCUT2D eigenvalue weighted by atomic mass is 9.86. The molecule has 210 valence electrons. The summed E-state index contributed by atoms with van der Waals surface area (Å²) in [5.41, 5.74) is 1.63. The molecule has 0 aliphatic carbocycles. The molecule has 5 aromatic rings. The van der Waals surface area contributed by atoms with E-state index in [9.17, 15) is 14.4 Å². The van der Waals surface area contributed by atoms with Gasteiger partial charge >= 0.3 is 6.09 Å². The van der Waals surface area contributed by atoms with E-state index >= 15 is 0 Å². The molecule has 6 rings (SSSR count). The standard InChI is InChI=1S/C34H29N3O5/c35-37-32(39)30(33(37)42-28-17-16-25-11-5-7-13-27(25)20-28)31(38)29(36-34(40)41-21-22-8-2-1-3-9-22)19-23-14-15-24-10-4-6-12-26(24)18-23/h1-18,20,29-30,33H,19,21,35H2,(H,36,40)/t29-,30-,33+/m0/s1. The van der Waals surface area contributed by atoms with E-state index in [2.05, 4.69) is 5.32 Å². The van der Waals surface area contributed by atoms with Crippen LogP contribution in [-0.2, 0) is 27.4 Å². The first-order valence-corrected chi connectivity index (χ1v) is 13.7. The third kappa shape index (κ3) is 5.66. The largest absolute Gasteiger partial charge is 0.468 e. The predicted octanol–water partition coefficient (Wildman–Crippen LogP) is 5.14. The van der Waals surface area contributed by atoms with Crippen molar-refractivity contribution >= 4 is 39.3 Å². The lowest BCUT2D eigenvalue weighted by molar-refractivity contribution is -0.180. The molecule has 8 heteroatoms. The number of β-lactam (4-membered cyclic amide) rings is 1. The van der Waals surface area contributed by atoms with Crippen molar-refractivity contribution in [2.45, 2.75) is 25.3 Å². The molecule has 1 aliphatic heterocycles. The van der Waals surface area contributed by atoms with Crippen LogP contribution < -0.4 is 15.9 Å². The number of nitrogens with one attached hydrogen (secondary N) is 1. The number of hydrogen-bond donors (Lipinski definition) is 2. The Morgan fingerprint density at radius 2 is 1.38 bits per heavy atom. The first-order chi connectivity index (χ1) is 20.5. The SMILES string of the molecule is NN1C(=O)[C@H](C(=O)[C@H](Cc2ccc3ccccc3c2)NC(=O)OCc2ccccc2)[C@H]1Oc1ccc2ccccc2c1. The van der Waals surface area contributed by atoms with Crippen molar-refractivity contribution in [3.05, 3.63) is 126 Å². The Kier molecular flexibility index (Phi) is 7.53. The summed E-state index contributed by atoms with van der Waals surface area (Å²) in [6.45, 7) is 0.0379. The Morgan fingerprint density at radius 3 is 2.10 bits per heavy atom. The second-order valence-electron chi connectivity index (χ2n) is 10.3. The van der Waals surface area contributed by atoms with Crippen molar-refractivity contribution in [3.8, 4) is 5.75 Å². The van der Waals surface area contributed by atoms with Crippen molar-refractivity contribution in [1.82, 2.24) is 10.3 Å². The van der Waals surface area contributed by atoms with Gasteiger partial charge in [0.2, 0.25) is 6.23 Å². The smallest absolute Gasteiger partial charge is 0.408 e. The summed E-state index contributed by atoms with van der Waals surface area (Å²) in [7, 11) is 0. The number of carbonyl (C=O) groups is 3. The normalized spacial score (nSPS) is 17.0. The van der Waals surface area contributed by atoms with Crippen LogP contribution in [0, 0.1) is 5.92 Å². The number of ether oxygens (including phenoxy) is 2. The summed E-state index contributed by atoms with van der Waals surface area (Å²) >= 11 is 0. The van der Waals surface area contributed by atoms with Gasteiger partial charge in [0.1, 0.15) is 12.4 Å². The van der Waals surface area contributed by atoms with Crippen LogP contribution >= 0.6 is 0 Å². The van der Waals surface area contributed by atoms with Gasteiger partial charge in [-0.15, -0.1) is 0 Å². The molecule has 0 bridgehead atoms. The Bertz CT molecular complexity index is 1770. The number of amides is 2. The van der Waals surface area contributed by atoms with Crippen LogP contribution in [0.15, 0.2) is 115 Å². The number of nitrogens with two attached hydrogens (primary N) is 1. The summed E-state index contributed by atoms with van der Waals surface area (Å²) in [6, 6.07) is 35.2. The van der Waals surface area contributed by atoms with Crippen molar-refractivity contribution in [3.63, 3.8) is 0 Å². The molecule has 0 aromatic heterocycles. The van der Waals surface area contributed by atoms with Crippen molar-refractivity contribution in [1.29, 1.82) is 0 Å². The number of hydrazine groups is 1. The maximum absolute atomic E-state index is 13.9. The van der Waals surface area contributed by atoms with Gasteiger partial charge in [-0.1, -0.05) is 103 Å². The highest BCUT2D eigenvalue weighted by Crippen LogP contribution is 2.31. The van der Waals surface area contributed by atoms with E-state index < -0.39 is 36.0 Å². The summed E-state index contributed by atoms with van der Waals surface area (Å²) in [4.78, 5) is 39.7. The van der Waals surface area contributed by atoms with E-state index in [0.29, 0.717) is 5.75 Å². The summed E-state index contributed by atoms with van der Waals surface area (Å²) in [6.07, 6.45) is -1.63. The second kappa shape index (κ2) is 11.7.